The second-order valence-electron chi connectivity index (χ2n) is 6.32. The summed E-state index contributed by atoms with van der Waals surface area (Å²) in [6, 6.07) is 9.48. The van der Waals surface area contributed by atoms with Crippen LogP contribution in [-0.2, 0) is 0 Å². The number of carbonyl (C=O) groups is 2. The number of halogens is 2. The van der Waals surface area contributed by atoms with E-state index in [9.17, 15) is 23.5 Å². The molecule has 0 bridgehead atoms. The Morgan fingerprint density at radius 3 is 2.41 bits per heavy atom. The van der Waals surface area contributed by atoms with Crippen LogP contribution in [0.2, 0.25) is 0 Å². The number of Topliss-reactive ketones (excluding diaryl/α,β-unsaturated/α-hetero) is 2. The molecule has 6 heteroatoms. The molecule has 0 spiro atoms. The standard InChI is InChI=1S/C21H9F2NO3/c22-9-7-12-16(13(23)8-9)21(27)18(20(12)26)15-10-3-1-5-14(25)17(10)19-11(15)4-2-6-24-19/h1-8,25H/b18-15+. The van der Waals surface area contributed by atoms with Crippen molar-refractivity contribution in [2.24, 2.45) is 0 Å². The Labute approximate surface area is 151 Å². The summed E-state index contributed by atoms with van der Waals surface area (Å²) in [5.74, 6) is -3.58. The van der Waals surface area contributed by atoms with Crippen molar-refractivity contribution in [1.29, 1.82) is 0 Å². The summed E-state index contributed by atoms with van der Waals surface area (Å²) in [6.07, 6.45) is 1.53. The van der Waals surface area contributed by atoms with Gasteiger partial charge in [-0.25, -0.2) is 8.78 Å². The number of aromatic hydroxyl groups is 1. The van der Waals surface area contributed by atoms with Crippen LogP contribution in [0.5, 0.6) is 5.75 Å². The van der Waals surface area contributed by atoms with E-state index in [4.69, 9.17) is 0 Å². The summed E-state index contributed by atoms with van der Waals surface area (Å²) in [6.45, 7) is 0. The number of ketones is 2. The number of phenolic OH excluding ortho intramolecular Hbond substituents is 1. The number of phenols is 1. The zero-order valence-electron chi connectivity index (χ0n) is 13.6. The number of allylic oxidation sites excluding steroid dienone is 1. The number of hydrogen-bond acceptors (Lipinski definition) is 4. The quantitative estimate of drug-likeness (QED) is 0.381. The Balaban J connectivity index is 1.90. The van der Waals surface area contributed by atoms with E-state index < -0.39 is 28.8 Å². The fourth-order valence-electron chi connectivity index (χ4n) is 3.79. The highest BCUT2D eigenvalue weighted by Crippen LogP contribution is 2.50. The molecule has 1 N–H and O–H groups in total. The fourth-order valence-corrected chi connectivity index (χ4v) is 3.79. The number of benzene rings is 2. The average molecular weight is 361 g/mol. The van der Waals surface area contributed by atoms with Crippen molar-refractivity contribution in [3.05, 3.63) is 88.1 Å². The van der Waals surface area contributed by atoms with E-state index in [1.165, 1.54) is 12.3 Å². The molecule has 0 unspecified atom stereocenters. The molecule has 2 aromatic carbocycles. The summed E-state index contributed by atoms with van der Waals surface area (Å²) >= 11 is 0. The van der Waals surface area contributed by atoms with E-state index in [1.807, 2.05) is 0 Å². The molecule has 2 aliphatic carbocycles. The van der Waals surface area contributed by atoms with Crippen LogP contribution in [0.25, 0.3) is 16.8 Å². The minimum Gasteiger partial charge on any atom is -0.507 e. The number of rotatable bonds is 0. The summed E-state index contributed by atoms with van der Waals surface area (Å²) in [5.41, 5.74) is 1.08. The van der Waals surface area contributed by atoms with Crippen LogP contribution in [0.4, 0.5) is 8.78 Å². The molecule has 130 valence electrons. The van der Waals surface area contributed by atoms with Crippen LogP contribution in [-0.4, -0.2) is 21.7 Å². The topological polar surface area (TPSA) is 67.3 Å². The van der Waals surface area contributed by atoms with Crippen LogP contribution in [0.15, 0.2) is 54.2 Å². The SMILES string of the molecule is O=C1/C(=C2\c3cccnc3-c3c(O)cccc32)C(=O)c2c(F)cc(F)cc21. The molecule has 0 aliphatic heterocycles. The number of carbonyl (C=O) groups excluding carboxylic acids is 2. The maximum absolute atomic E-state index is 14.2. The van der Waals surface area contributed by atoms with Gasteiger partial charge in [0, 0.05) is 29.0 Å². The Bertz CT molecular complexity index is 1240. The fraction of sp³-hybridized carbons (Fsp3) is 0. The summed E-state index contributed by atoms with van der Waals surface area (Å²) in [7, 11) is 0. The largest absolute Gasteiger partial charge is 0.507 e. The predicted molar refractivity (Wildman–Crippen MR) is 92.4 cm³/mol. The van der Waals surface area contributed by atoms with Crippen LogP contribution < -0.4 is 0 Å². The zero-order valence-corrected chi connectivity index (χ0v) is 13.6. The van der Waals surface area contributed by atoms with Crippen molar-refractivity contribution < 1.29 is 23.5 Å². The van der Waals surface area contributed by atoms with E-state index in [2.05, 4.69) is 4.98 Å². The third-order valence-corrected chi connectivity index (χ3v) is 4.86. The van der Waals surface area contributed by atoms with Gasteiger partial charge < -0.3 is 5.11 Å². The lowest BCUT2D eigenvalue weighted by Gasteiger charge is -2.06. The van der Waals surface area contributed by atoms with Crippen LogP contribution >= 0.6 is 0 Å². The molecule has 0 saturated heterocycles. The van der Waals surface area contributed by atoms with Crippen molar-refractivity contribution in [2.45, 2.75) is 0 Å². The molecule has 0 saturated carbocycles. The summed E-state index contributed by atoms with van der Waals surface area (Å²) in [4.78, 5) is 30.1. The van der Waals surface area contributed by atoms with E-state index in [0.29, 0.717) is 28.5 Å². The second-order valence-corrected chi connectivity index (χ2v) is 6.32. The van der Waals surface area contributed by atoms with Gasteiger partial charge in [-0.3, -0.25) is 14.6 Å². The van der Waals surface area contributed by atoms with Crippen molar-refractivity contribution in [3.63, 3.8) is 0 Å². The monoisotopic (exact) mass is 361 g/mol. The predicted octanol–water partition coefficient (Wildman–Crippen LogP) is 3.93. The maximum atomic E-state index is 14.2. The Kier molecular flexibility index (Phi) is 2.98. The van der Waals surface area contributed by atoms with Gasteiger partial charge in [-0.1, -0.05) is 18.2 Å². The number of aromatic nitrogens is 1. The van der Waals surface area contributed by atoms with E-state index in [1.54, 1.807) is 24.3 Å². The van der Waals surface area contributed by atoms with Gasteiger partial charge in [-0.15, -0.1) is 0 Å². The van der Waals surface area contributed by atoms with Gasteiger partial charge in [0.1, 0.15) is 17.4 Å². The maximum Gasteiger partial charge on any atom is 0.201 e. The van der Waals surface area contributed by atoms with Crippen LogP contribution in [0.3, 0.4) is 0 Å². The molecule has 4 nitrogen and oxygen atoms in total. The van der Waals surface area contributed by atoms with Crippen molar-refractivity contribution in [3.8, 4) is 17.0 Å². The third kappa shape index (κ3) is 1.92. The smallest absolute Gasteiger partial charge is 0.201 e. The number of hydrogen-bond donors (Lipinski definition) is 1. The highest BCUT2D eigenvalue weighted by Gasteiger charge is 2.41. The van der Waals surface area contributed by atoms with Gasteiger partial charge >= 0.3 is 0 Å². The summed E-state index contributed by atoms with van der Waals surface area (Å²) < 4.78 is 27.8. The highest BCUT2D eigenvalue weighted by atomic mass is 19.1. The number of pyridine rings is 1. The summed E-state index contributed by atoms with van der Waals surface area (Å²) in [5, 5.41) is 10.3. The highest BCUT2D eigenvalue weighted by molar-refractivity contribution is 6.43. The van der Waals surface area contributed by atoms with E-state index >= 15 is 0 Å². The van der Waals surface area contributed by atoms with Crippen molar-refractivity contribution in [2.75, 3.05) is 0 Å². The first kappa shape index (κ1) is 15.6. The second kappa shape index (κ2) is 5.17. The molecule has 5 rings (SSSR count). The first-order chi connectivity index (χ1) is 13.0. The lowest BCUT2D eigenvalue weighted by Crippen LogP contribution is -2.05. The van der Waals surface area contributed by atoms with Gasteiger partial charge in [0.2, 0.25) is 5.78 Å². The van der Waals surface area contributed by atoms with Gasteiger partial charge in [0.15, 0.2) is 5.78 Å². The molecular weight excluding hydrogens is 352 g/mol. The van der Waals surface area contributed by atoms with Crippen LogP contribution in [0, 0.1) is 11.6 Å². The molecule has 0 radical (unpaired) electrons. The Hall–Kier alpha value is -3.67. The van der Waals surface area contributed by atoms with E-state index in [0.717, 1.165) is 6.07 Å². The molecule has 0 fully saturated rings. The lowest BCUT2D eigenvalue weighted by molar-refractivity contribution is 0.0989. The van der Waals surface area contributed by atoms with Gasteiger partial charge in [-0.2, -0.15) is 0 Å². The van der Waals surface area contributed by atoms with Gasteiger partial charge in [0.25, 0.3) is 0 Å². The molecule has 0 atom stereocenters. The molecular formula is C21H9F2NO3. The molecule has 1 heterocycles. The lowest BCUT2D eigenvalue weighted by atomic mass is 9.95. The third-order valence-electron chi connectivity index (χ3n) is 4.86. The first-order valence-electron chi connectivity index (χ1n) is 8.10. The zero-order chi connectivity index (χ0) is 18.9. The van der Waals surface area contributed by atoms with Gasteiger partial charge in [-0.05, 0) is 23.8 Å². The van der Waals surface area contributed by atoms with Crippen molar-refractivity contribution in [1.82, 2.24) is 4.98 Å². The van der Waals surface area contributed by atoms with E-state index in [-0.39, 0.29) is 22.5 Å². The minimum atomic E-state index is -1.07. The number of fused-ring (bicyclic) bond motifs is 4. The normalized spacial score (nSPS) is 17.1. The van der Waals surface area contributed by atoms with Crippen LogP contribution in [0.1, 0.15) is 31.8 Å². The molecule has 27 heavy (non-hydrogen) atoms. The molecule has 2 aliphatic rings. The molecule has 0 amide bonds. The number of nitrogens with zero attached hydrogens (tertiary/aromatic N) is 1. The van der Waals surface area contributed by atoms with Gasteiger partial charge in [0.05, 0.1) is 22.4 Å². The van der Waals surface area contributed by atoms with Crippen molar-refractivity contribution >= 4 is 17.1 Å². The first-order valence-corrected chi connectivity index (χ1v) is 8.10. The Morgan fingerprint density at radius 1 is 0.815 bits per heavy atom. The average Bonchev–Trinajstić information content (AvgIpc) is 3.08. The molecule has 3 aromatic rings. The molecule has 1 aromatic heterocycles. The minimum absolute atomic E-state index is 0.0457. The Morgan fingerprint density at radius 2 is 1.59 bits per heavy atom.